The largest absolute Gasteiger partial charge is 0.508 e. The van der Waals surface area contributed by atoms with Crippen LogP contribution < -0.4 is 4.74 Å². The molecule has 1 heterocycles. The zero-order valence-corrected chi connectivity index (χ0v) is 11.5. The molecular formula is C16H16O5. The number of aromatic hydroxyl groups is 3. The van der Waals surface area contributed by atoms with Crippen molar-refractivity contribution >= 4 is 0 Å². The van der Waals surface area contributed by atoms with Crippen LogP contribution in [0.2, 0.25) is 0 Å². The van der Waals surface area contributed by atoms with Crippen molar-refractivity contribution in [3.05, 3.63) is 35.9 Å². The molecular weight excluding hydrogens is 272 g/mol. The van der Waals surface area contributed by atoms with Crippen LogP contribution >= 0.6 is 0 Å². The molecule has 0 radical (unpaired) electrons. The van der Waals surface area contributed by atoms with Crippen LogP contribution in [0.25, 0.3) is 11.1 Å². The summed E-state index contributed by atoms with van der Waals surface area (Å²) in [6.07, 6.45) is 0.363. The number of benzene rings is 2. The molecule has 4 N–H and O–H groups in total. The molecule has 5 nitrogen and oxygen atoms in total. The maximum Gasteiger partial charge on any atom is 0.158 e. The normalized spacial score (nSPS) is 20.1. The molecule has 0 saturated carbocycles. The minimum Gasteiger partial charge on any atom is -0.508 e. The summed E-state index contributed by atoms with van der Waals surface area (Å²) in [5.41, 5.74) is 1.27. The van der Waals surface area contributed by atoms with Gasteiger partial charge < -0.3 is 25.2 Å². The van der Waals surface area contributed by atoms with Crippen LogP contribution in [0.4, 0.5) is 0 Å². The van der Waals surface area contributed by atoms with E-state index < -0.39 is 5.60 Å². The van der Waals surface area contributed by atoms with Gasteiger partial charge in [0.1, 0.15) is 17.1 Å². The lowest BCUT2D eigenvalue weighted by Gasteiger charge is -2.27. The molecule has 0 fully saturated rings. The van der Waals surface area contributed by atoms with Gasteiger partial charge >= 0.3 is 0 Å². The van der Waals surface area contributed by atoms with E-state index in [4.69, 9.17) is 4.74 Å². The molecule has 1 atom stereocenters. The molecule has 1 unspecified atom stereocenters. The fraction of sp³-hybridized carbons (Fsp3) is 0.250. The van der Waals surface area contributed by atoms with E-state index in [-0.39, 0.29) is 23.9 Å². The fourth-order valence-corrected chi connectivity index (χ4v) is 2.63. The number of hydrogen-bond acceptors (Lipinski definition) is 5. The van der Waals surface area contributed by atoms with Gasteiger partial charge in [0.15, 0.2) is 11.5 Å². The van der Waals surface area contributed by atoms with Crippen molar-refractivity contribution in [3.63, 3.8) is 0 Å². The number of phenols is 3. The lowest BCUT2D eigenvalue weighted by Crippen LogP contribution is -2.38. The maximum atomic E-state index is 9.74. The Morgan fingerprint density at radius 2 is 1.76 bits per heavy atom. The highest BCUT2D eigenvalue weighted by Gasteiger charge is 2.32. The van der Waals surface area contributed by atoms with E-state index in [2.05, 4.69) is 0 Å². The lowest BCUT2D eigenvalue weighted by atomic mass is 9.92. The van der Waals surface area contributed by atoms with Crippen molar-refractivity contribution in [1.82, 2.24) is 0 Å². The Morgan fingerprint density at radius 3 is 2.48 bits per heavy atom. The Balaban J connectivity index is 2.29. The van der Waals surface area contributed by atoms with Crippen LogP contribution in [-0.2, 0) is 6.42 Å². The van der Waals surface area contributed by atoms with Gasteiger partial charge in [0.25, 0.3) is 0 Å². The van der Waals surface area contributed by atoms with Gasteiger partial charge in [0, 0.05) is 18.1 Å². The number of ether oxygens (including phenoxy) is 1. The van der Waals surface area contributed by atoms with E-state index >= 15 is 0 Å². The van der Waals surface area contributed by atoms with Crippen molar-refractivity contribution in [1.29, 1.82) is 0 Å². The molecule has 0 amide bonds. The zero-order chi connectivity index (χ0) is 15.2. The molecule has 2 aromatic carbocycles. The average molecular weight is 288 g/mol. The van der Waals surface area contributed by atoms with Crippen LogP contribution in [-0.4, -0.2) is 32.6 Å². The highest BCUT2D eigenvalue weighted by molar-refractivity contribution is 5.77. The second-order valence-corrected chi connectivity index (χ2v) is 5.57. The third-order valence-electron chi connectivity index (χ3n) is 3.71. The molecule has 0 aromatic heterocycles. The van der Waals surface area contributed by atoms with Crippen molar-refractivity contribution in [3.8, 4) is 34.1 Å². The fourth-order valence-electron chi connectivity index (χ4n) is 2.63. The van der Waals surface area contributed by atoms with Gasteiger partial charge in [-0.15, -0.1) is 0 Å². The summed E-state index contributed by atoms with van der Waals surface area (Å²) in [4.78, 5) is 0. The standard InChI is InChI=1S/C16H16O5/c1-16(8-17)7-9-4-13(19)14(20)6-12(9)11-3-2-10(18)5-15(11)21-16/h2-6,17-20H,7-8H2,1H3. The summed E-state index contributed by atoms with van der Waals surface area (Å²) < 4.78 is 5.86. The molecule has 0 spiro atoms. The summed E-state index contributed by atoms with van der Waals surface area (Å²) in [7, 11) is 0. The first-order valence-electron chi connectivity index (χ1n) is 6.60. The number of fused-ring (bicyclic) bond motifs is 3. The number of aliphatic hydroxyl groups excluding tert-OH is 1. The van der Waals surface area contributed by atoms with Gasteiger partial charge in [0.2, 0.25) is 0 Å². The van der Waals surface area contributed by atoms with Crippen molar-refractivity contribution in [2.75, 3.05) is 6.61 Å². The third-order valence-corrected chi connectivity index (χ3v) is 3.71. The Morgan fingerprint density at radius 1 is 1.05 bits per heavy atom. The Bertz CT molecular complexity index is 710. The molecule has 1 aliphatic rings. The predicted octanol–water partition coefficient (Wildman–Crippen LogP) is 2.16. The number of rotatable bonds is 1. The topological polar surface area (TPSA) is 90.2 Å². The smallest absolute Gasteiger partial charge is 0.158 e. The van der Waals surface area contributed by atoms with E-state index in [1.54, 1.807) is 13.0 Å². The Labute approximate surface area is 121 Å². The number of aliphatic hydroxyl groups is 1. The van der Waals surface area contributed by atoms with Gasteiger partial charge in [-0.25, -0.2) is 0 Å². The highest BCUT2D eigenvalue weighted by atomic mass is 16.5. The molecule has 0 aliphatic carbocycles. The van der Waals surface area contributed by atoms with E-state index in [0.717, 1.165) is 5.56 Å². The van der Waals surface area contributed by atoms with Gasteiger partial charge in [-0.05, 0) is 42.3 Å². The minimum atomic E-state index is -0.878. The SMILES string of the molecule is CC1(CO)Cc2cc(O)c(O)cc2-c2ccc(O)cc2O1. The molecule has 21 heavy (non-hydrogen) atoms. The zero-order valence-electron chi connectivity index (χ0n) is 11.5. The van der Waals surface area contributed by atoms with Gasteiger partial charge in [-0.1, -0.05) is 0 Å². The van der Waals surface area contributed by atoms with Crippen molar-refractivity contribution < 1.29 is 25.2 Å². The number of phenolic OH excluding ortho intramolecular Hbond substituents is 3. The van der Waals surface area contributed by atoms with E-state index in [0.29, 0.717) is 23.3 Å². The Hall–Kier alpha value is -2.40. The quantitative estimate of drug-likeness (QED) is 0.604. The van der Waals surface area contributed by atoms with Crippen molar-refractivity contribution in [2.45, 2.75) is 18.9 Å². The highest BCUT2D eigenvalue weighted by Crippen LogP contribution is 2.44. The van der Waals surface area contributed by atoms with Gasteiger partial charge in [0.05, 0.1) is 6.61 Å². The molecule has 5 heteroatoms. The monoisotopic (exact) mass is 288 g/mol. The second-order valence-electron chi connectivity index (χ2n) is 5.57. The summed E-state index contributed by atoms with van der Waals surface area (Å²) in [6.45, 7) is 1.53. The first-order valence-corrected chi connectivity index (χ1v) is 6.60. The van der Waals surface area contributed by atoms with Crippen LogP contribution in [0.5, 0.6) is 23.0 Å². The molecule has 110 valence electrons. The number of hydrogen-bond donors (Lipinski definition) is 4. The summed E-state index contributed by atoms with van der Waals surface area (Å²) in [6, 6.07) is 7.62. The van der Waals surface area contributed by atoms with E-state index in [1.807, 2.05) is 0 Å². The maximum absolute atomic E-state index is 9.74. The molecule has 0 bridgehead atoms. The molecule has 1 aliphatic heterocycles. The van der Waals surface area contributed by atoms with Crippen LogP contribution in [0.1, 0.15) is 12.5 Å². The Kier molecular flexibility index (Phi) is 2.95. The lowest BCUT2D eigenvalue weighted by molar-refractivity contribution is 0.0271. The molecule has 0 saturated heterocycles. The van der Waals surface area contributed by atoms with E-state index in [1.165, 1.54) is 24.3 Å². The third kappa shape index (κ3) is 2.25. The summed E-state index contributed by atoms with van der Waals surface area (Å²) >= 11 is 0. The van der Waals surface area contributed by atoms with Crippen molar-refractivity contribution in [2.24, 2.45) is 0 Å². The molecule has 3 rings (SSSR count). The van der Waals surface area contributed by atoms with Gasteiger partial charge in [-0.2, -0.15) is 0 Å². The van der Waals surface area contributed by atoms with Crippen LogP contribution in [0.15, 0.2) is 30.3 Å². The first-order chi connectivity index (χ1) is 9.92. The molecule has 2 aromatic rings. The van der Waals surface area contributed by atoms with Crippen LogP contribution in [0, 0.1) is 0 Å². The predicted molar refractivity (Wildman–Crippen MR) is 76.7 cm³/mol. The van der Waals surface area contributed by atoms with E-state index in [9.17, 15) is 20.4 Å². The minimum absolute atomic E-state index is 0.0560. The van der Waals surface area contributed by atoms with Gasteiger partial charge in [-0.3, -0.25) is 0 Å². The summed E-state index contributed by atoms with van der Waals surface area (Å²) in [5, 5.41) is 38.7. The average Bonchev–Trinajstić information content (AvgIpc) is 2.54. The summed E-state index contributed by atoms with van der Waals surface area (Å²) in [5.74, 6) is 0.0486. The van der Waals surface area contributed by atoms with Crippen LogP contribution in [0.3, 0.4) is 0 Å². The first kappa shape index (κ1) is 13.6. The second kappa shape index (κ2) is 4.56.